The maximum Gasteiger partial charge on any atom is 0.0323 e. The minimum Gasteiger partial charge on any atom is -0.309 e. The second-order valence-electron chi connectivity index (χ2n) is 6.90. The van der Waals surface area contributed by atoms with Crippen LogP contribution in [0.5, 0.6) is 0 Å². The van der Waals surface area contributed by atoms with Gasteiger partial charge in [-0.3, -0.25) is 0 Å². The number of aryl methyl sites for hydroxylation is 1. The first kappa shape index (κ1) is 13.2. The molecule has 2 aliphatic carbocycles. The Morgan fingerprint density at radius 1 is 1.11 bits per heavy atom. The van der Waals surface area contributed by atoms with Crippen molar-refractivity contribution in [1.29, 1.82) is 0 Å². The molecule has 0 amide bonds. The van der Waals surface area contributed by atoms with Gasteiger partial charge in [0.05, 0.1) is 0 Å². The molecule has 1 aromatic carbocycles. The molecule has 0 saturated heterocycles. The van der Waals surface area contributed by atoms with Crippen LogP contribution in [0.2, 0.25) is 0 Å². The van der Waals surface area contributed by atoms with Gasteiger partial charge in [0.15, 0.2) is 0 Å². The van der Waals surface area contributed by atoms with Gasteiger partial charge in [-0.1, -0.05) is 50.5 Å². The van der Waals surface area contributed by atoms with Crippen LogP contribution in [0.1, 0.15) is 69.0 Å². The second-order valence-corrected chi connectivity index (χ2v) is 6.90. The highest BCUT2D eigenvalue weighted by molar-refractivity contribution is 5.31. The van der Waals surface area contributed by atoms with Crippen LogP contribution in [0.3, 0.4) is 0 Å². The normalized spacial score (nSPS) is 25.8. The van der Waals surface area contributed by atoms with Crippen LogP contribution >= 0.6 is 0 Å². The number of rotatable bonds is 3. The van der Waals surface area contributed by atoms with E-state index in [0.717, 1.165) is 0 Å². The SMILES string of the molecule is CC1(CNC2CCCCc3ccccc32)CCCC1. The topological polar surface area (TPSA) is 12.0 Å². The lowest BCUT2D eigenvalue weighted by molar-refractivity contribution is 0.293. The molecule has 3 rings (SSSR count). The minimum atomic E-state index is 0.557. The third-order valence-electron chi connectivity index (χ3n) is 5.21. The van der Waals surface area contributed by atoms with E-state index in [9.17, 15) is 0 Å². The molecule has 1 aromatic rings. The molecule has 1 unspecified atom stereocenters. The zero-order valence-corrected chi connectivity index (χ0v) is 12.3. The summed E-state index contributed by atoms with van der Waals surface area (Å²) in [6.07, 6.45) is 11.0. The molecule has 0 aromatic heterocycles. The van der Waals surface area contributed by atoms with E-state index < -0.39 is 0 Å². The summed E-state index contributed by atoms with van der Waals surface area (Å²) >= 11 is 0. The van der Waals surface area contributed by atoms with E-state index in [2.05, 4.69) is 36.5 Å². The van der Waals surface area contributed by atoms with E-state index >= 15 is 0 Å². The fraction of sp³-hybridized carbons (Fsp3) is 0.667. The van der Waals surface area contributed by atoms with Crippen molar-refractivity contribution in [2.75, 3.05) is 6.54 Å². The van der Waals surface area contributed by atoms with Gasteiger partial charge in [0, 0.05) is 12.6 Å². The highest BCUT2D eigenvalue weighted by atomic mass is 14.9. The molecule has 1 atom stereocenters. The molecule has 0 aliphatic heterocycles. The van der Waals surface area contributed by atoms with Gasteiger partial charge in [-0.25, -0.2) is 0 Å². The van der Waals surface area contributed by atoms with Crippen molar-refractivity contribution in [3.05, 3.63) is 35.4 Å². The first-order valence-electron chi connectivity index (χ1n) is 8.08. The fourth-order valence-corrected chi connectivity index (χ4v) is 3.91. The van der Waals surface area contributed by atoms with Crippen molar-refractivity contribution >= 4 is 0 Å². The van der Waals surface area contributed by atoms with E-state index in [-0.39, 0.29) is 0 Å². The van der Waals surface area contributed by atoms with Gasteiger partial charge in [0.25, 0.3) is 0 Å². The molecule has 1 saturated carbocycles. The predicted molar refractivity (Wildman–Crippen MR) is 81.3 cm³/mol. The standard InChI is InChI=1S/C18H27N/c1-18(12-6-7-13-18)14-19-17-11-5-3-9-15-8-2-4-10-16(15)17/h2,4,8,10,17,19H,3,5-7,9,11-14H2,1H3. The zero-order valence-electron chi connectivity index (χ0n) is 12.3. The van der Waals surface area contributed by atoms with Crippen LogP contribution in [0, 0.1) is 5.41 Å². The van der Waals surface area contributed by atoms with Crippen LogP contribution in [-0.2, 0) is 6.42 Å². The van der Waals surface area contributed by atoms with E-state index in [1.807, 2.05) is 0 Å². The summed E-state index contributed by atoms with van der Waals surface area (Å²) in [5.74, 6) is 0. The average molecular weight is 257 g/mol. The Kier molecular flexibility index (Phi) is 3.93. The van der Waals surface area contributed by atoms with Gasteiger partial charge in [0.2, 0.25) is 0 Å². The Morgan fingerprint density at radius 3 is 2.74 bits per heavy atom. The minimum absolute atomic E-state index is 0.557. The molecule has 2 aliphatic rings. The first-order valence-corrected chi connectivity index (χ1v) is 8.08. The monoisotopic (exact) mass is 257 g/mol. The number of hydrogen-bond acceptors (Lipinski definition) is 1. The van der Waals surface area contributed by atoms with Crippen LogP contribution in [-0.4, -0.2) is 6.54 Å². The van der Waals surface area contributed by atoms with Gasteiger partial charge in [0.1, 0.15) is 0 Å². The number of benzene rings is 1. The van der Waals surface area contributed by atoms with E-state index in [4.69, 9.17) is 0 Å². The Hall–Kier alpha value is -0.820. The molecule has 0 spiro atoms. The molecule has 0 radical (unpaired) electrons. The van der Waals surface area contributed by atoms with Gasteiger partial charge in [-0.05, 0) is 48.6 Å². The largest absolute Gasteiger partial charge is 0.309 e. The van der Waals surface area contributed by atoms with Crippen molar-refractivity contribution in [1.82, 2.24) is 5.32 Å². The average Bonchev–Trinajstić information content (AvgIpc) is 2.75. The van der Waals surface area contributed by atoms with Crippen molar-refractivity contribution in [2.24, 2.45) is 5.41 Å². The van der Waals surface area contributed by atoms with Crippen LogP contribution in [0.25, 0.3) is 0 Å². The van der Waals surface area contributed by atoms with Crippen molar-refractivity contribution in [3.63, 3.8) is 0 Å². The summed E-state index contributed by atoms with van der Waals surface area (Å²) < 4.78 is 0. The Balaban J connectivity index is 1.70. The summed E-state index contributed by atoms with van der Waals surface area (Å²) in [5, 5.41) is 3.90. The zero-order chi connectivity index (χ0) is 13.1. The lowest BCUT2D eigenvalue weighted by atomic mass is 9.88. The predicted octanol–water partition coefficient (Wildman–Crippen LogP) is 4.62. The van der Waals surface area contributed by atoms with E-state index in [0.29, 0.717) is 11.5 Å². The molecule has 1 N–H and O–H groups in total. The van der Waals surface area contributed by atoms with E-state index in [1.54, 1.807) is 11.1 Å². The summed E-state index contributed by atoms with van der Waals surface area (Å²) in [5.41, 5.74) is 3.71. The van der Waals surface area contributed by atoms with Gasteiger partial charge in [-0.2, -0.15) is 0 Å². The molecule has 1 heteroatoms. The maximum absolute atomic E-state index is 3.90. The summed E-state index contributed by atoms with van der Waals surface area (Å²) in [7, 11) is 0. The fourth-order valence-electron chi connectivity index (χ4n) is 3.91. The summed E-state index contributed by atoms with van der Waals surface area (Å²) in [4.78, 5) is 0. The molecule has 1 fully saturated rings. The van der Waals surface area contributed by atoms with Crippen LogP contribution in [0.15, 0.2) is 24.3 Å². The molecule has 19 heavy (non-hydrogen) atoms. The third-order valence-corrected chi connectivity index (χ3v) is 5.21. The van der Waals surface area contributed by atoms with Gasteiger partial charge >= 0.3 is 0 Å². The number of nitrogens with one attached hydrogen (secondary N) is 1. The maximum atomic E-state index is 3.90. The molecule has 104 valence electrons. The molecular weight excluding hydrogens is 230 g/mol. The smallest absolute Gasteiger partial charge is 0.0323 e. The van der Waals surface area contributed by atoms with Crippen molar-refractivity contribution in [2.45, 2.75) is 64.3 Å². The Morgan fingerprint density at radius 2 is 1.89 bits per heavy atom. The molecule has 0 heterocycles. The lowest BCUT2D eigenvalue weighted by Gasteiger charge is -2.28. The van der Waals surface area contributed by atoms with Crippen LogP contribution in [0.4, 0.5) is 0 Å². The van der Waals surface area contributed by atoms with Crippen molar-refractivity contribution < 1.29 is 0 Å². The van der Waals surface area contributed by atoms with Crippen molar-refractivity contribution in [3.8, 4) is 0 Å². The second kappa shape index (κ2) is 5.66. The van der Waals surface area contributed by atoms with Gasteiger partial charge in [-0.15, -0.1) is 0 Å². The van der Waals surface area contributed by atoms with E-state index in [1.165, 1.54) is 57.9 Å². The summed E-state index contributed by atoms with van der Waals surface area (Å²) in [6, 6.07) is 9.66. The van der Waals surface area contributed by atoms with Crippen LogP contribution < -0.4 is 5.32 Å². The summed E-state index contributed by atoms with van der Waals surface area (Å²) in [6.45, 7) is 3.67. The molecule has 0 bridgehead atoms. The Bertz CT molecular complexity index is 417. The highest BCUT2D eigenvalue weighted by Gasteiger charge is 2.29. The highest BCUT2D eigenvalue weighted by Crippen LogP contribution is 2.38. The lowest BCUT2D eigenvalue weighted by Crippen LogP contribution is -2.32. The Labute approximate surface area is 117 Å². The number of hydrogen-bond donors (Lipinski definition) is 1. The first-order chi connectivity index (χ1) is 9.27. The third kappa shape index (κ3) is 3.02. The molecular formula is C18H27N. The number of fused-ring (bicyclic) bond motifs is 1. The molecule has 1 nitrogen and oxygen atoms in total. The van der Waals surface area contributed by atoms with Gasteiger partial charge < -0.3 is 5.32 Å². The quantitative estimate of drug-likeness (QED) is 0.779.